The van der Waals surface area contributed by atoms with E-state index in [0.717, 1.165) is 6.07 Å². The van der Waals surface area contributed by atoms with E-state index in [1.165, 1.54) is 12.1 Å². The van der Waals surface area contributed by atoms with Crippen molar-refractivity contribution >= 4 is 17.3 Å². The monoisotopic (exact) mass is 290 g/mol. The molecular formula is C15H15FN2O3. The molecule has 2 aromatic carbocycles. The molecule has 2 rings (SSSR count). The molecule has 3 N–H and O–H groups in total. The average molecular weight is 290 g/mol. The molecule has 0 aliphatic carbocycles. The quantitative estimate of drug-likeness (QED) is 0.829. The first-order chi connectivity index (χ1) is 10.1. The van der Waals surface area contributed by atoms with Crippen molar-refractivity contribution in [3.8, 4) is 11.5 Å². The van der Waals surface area contributed by atoms with Gasteiger partial charge in [-0.05, 0) is 42.5 Å². The highest BCUT2D eigenvalue weighted by molar-refractivity contribution is 5.94. The maximum Gasteiger partial charge on any atom is 0.262 e. The molecule has 21 heavy (non-hydrogen) atoms. The lowest BCUT2D eigenvalue weighted by Crippen LogP contribution is -2.20. The molecule has 0 aliphatic heterocycles. The van der Waals surface area contributed by atoms with Crippen molar-refractivity contribution < 1.29 is 18.7 Å². The number of anilines is 2. The second-order valence-corrected chi connectivity index (χ2v) is 4.24. The molecule has 1 amide bonds. The van der Waals surface area contributed by atoms with Crippen LogP contribution in [-0.2, 0) is 4.79 Å². The Labute approximate surface area is 121 Å². The number of hydrogen-bond donors (Lipinski definition) is 2. The normalized spacial score (nSPS) is 10.0. The molecule has 0 heterocycles. The van der Waals surface area contributed by atoms with E-state index in [-0.39, 0.29) is 18.2 Å². The van der Waals surface area contributed by atoms with E-state index in [4.69, 9.17) is 15.2 Å². The number of carbonyl (C=O) groups excluding carboxylic acids is 1. The Morgan fingerprint density at radius 3 is 2.48 bits per heavy atom. The number of carbonyl (C=O) groups is 1. The second-order valence-electron chi connectivity index (χ2n) is 4.24. The van der Waals surface area contributed by atoms with Crippen LogP contribution in [0, 0.1) is 5.82 Å². The third-order valence-electron chi connectivity index (χ3n) is 2.72. The van der Waals surface area contributed by atoms with Crippen molar-refractivity contribution in [2.24, 2.45) is 0 Å². The zero-order chi connectivity index (χ0) is 15.2. The molecule has 5 nitrogen and oxygen atoms in total. The predicted octanol–water partition coefficient (Wildman–Crippen LogP) is 2.43. The summed E-state index contributed by atoms with van der Waals surface area (Å²) in [7, 11) is 1.57. The van der Waals surface area contributed by atoms with Crippen molar-refractivity contribution in [3.05, 3.63) is 48.3 Å². The van der Waals surface area contributed by atoms with Gasteiger partial charge in [-0.1, -0.05) is 0 Å². The van der Waals surface area contributed by atoms with Gasteiger partial charge in [0.2, 0.25) is 0 Å². The van der Waals surface area contributed by atoms with Crippen LogP contribution >= 0.6 is 0 Å². The van der Waals surface area contributed by atoms with Crippen molar-refractivity contribution in [3.63, 3.8) is 0 Å². The highest BCUT2D eigenvalue weighted by atomic mass is 19.1. The Kier molecular flexibility index (Phi) is 4.61. The molecule has 0 unspecified atom stereocenters. The van der Waals surface area contributed by atoms with Crippen molar-refractivity contribution in [1.82, 2.24) is 0 Å². The molecule has 2 aromatic rings. The van der Waals surface area contributed by atoms with Crippen LogP contribution < -0.4 is 20.5 Å². The molecule has 0 aliphatic rings. The summed E-state index contributed by atoms with van der Waals surface area (Å²) in [5, 5.41) is 2.55. The number of hydrogen-bond acceptors (Lipinski definition) is 4. The van der Waals surface area contributed by atoms with Gasteiger partial charge in [0.15, 0.2) is 6.61 Å². The summed E-state index contributed by atoms with van der Waals surface area (Å²) >= 11 is 0. The fourth-order valence-corrected chi connectivity index (χ4v) is 1.65. The Balaban J connectivity index is 1.89. The van der Waals surface area contributed by atoms with Crippen LogP contribution in [0.5, 0.6) is 11.5 Å². The van der Waals surface area contributed by atoms with Gasteiger partial charge in [-0.3, -0.25) is 4.79 Å². The fourth-order valence-electron chi connectivity index (χ4n) is 1.65. The maximum atomic E-state index is 12.9. The summed E-state index contributed by atoms with van der Waals surface area (Å²) in [5.41, 5.74) is 6.11. The Hall–Kier alpha value is -2.76. The molecule has 0 fully saturated rings. The summed E-state index contributed by atoms with van der Waals surface area (Å²) in [6, 6.07) is 10.6. The van der Waals surface area contributed by atoms with E-state index >= 15 is 0 Å². The SMILES string of the molecule is COc1ccc(OCC(=O)Nc2ccc(F)cc2N)cc1. The zero-order valence-corrected chi connectivity index (χ0v) is 11.4. The van der Waals surface area contributed by atoms with E-state index in [2.05, 4.69) is 5.32 Å². The molecule has 110 valence electrons. The summed E-state index contributed by atoms with van der Waals surface area (Å²) < 4.78 is 23.2. The lowest BCUT2D eigenvalue weighted by atomic mass is 10.2. The van der Waals surface area contributed by atoms with Crippen LogP contribution in [0.3, 0.4) is 0 Å². The molecular weight excluding hydrogens is 275 g/mol. The topological polar surface area (TPSA) is 73.6 Å². The first-order valence-electron chi connectivity index (χ1n) is 6.20. The summed E-state index contributed by atoms with van der Waals surface area (Å²) in [6.45, 7) is -0.177. The van der Waals surface area contributed by atoms with Crippen molar-refractivity contribution in [2.75, 3.05) is 24.8 Å². The van der Waals surface area contributed by atoms with Gasteiger partial charge in [-0.25, -0.2) is 4.39 Å². The van der Waals surface area contributed by atoms with Gasteiger partial charge in [0, 0.05) is 0 Å². The number of benzene rings is 2. The van der Waals surface area contributed by atoms with E-state index in [1.54, 1.807) is 31.4 Å². The van der Waals surface area contributed by atoms with Gasteiger partial charge in [0.1, 0.15) is 17.3 Å². The Bertz CT molecular complexity index is 629. The third-order valence-corrected chi connectivity index (χ3v) is 2.72. The molecule has 6 heteroatoms. The molecule has 0 atom stereocenters. The van der Waals surface area contributed by atoms with E-state index in [9.17, 15) is 9.18 Å². The largest absolute Gasteiger partial charge is 0.497 e. The predicted molar refractivity (Wildman–Crippen MR) is 77.9 cm³/mol. The molecule has 0 saturated carbocycles. The number of nitrogens with one attached hydrogen (secondary N) is 1. The number of amides is 1. The summed E-state index contributed by atoms with van der Waals surface area (Å²) in [5.74, 6) is 0.396. The van der Waals surface area contributed by atoms with Crippen LogP contribution in [0.4, 0.5) is 15.8 Å². The van der Waals surface area contributed by atoms with E-state index < -0.39 is 5.82 Å². The molecule has 0 spiro atoms. The number of nitrogen functional groups attached to an aromatic ring is 1. The van der Waals surface area contributed by atoms with Crippen molar-refractivity contribution in [2.45, 2.75) is 0 Å². The van der Waals surface area contributed by atoms with Gasteiger partial charge in [-0.2, -0.15) is 0 Å². The van der Waals surface area contributed by atoms with Crippen LogP contribution in [-0.4, -0.2) is 19.6 Å². The van der Waals surface area contributed by atoms with Crippen LogP contribution in [0.15, 0.2) is 42.5 Å². The average Bonchev–Trinajstić information content (AvgIpc) is 2.48. The van der Waals surface area contributed by atoms with Crippen molar-refractivity contribution in [1.29, 1.82) is 0 Å². The second kappa shape index (κ2) is 6.60. The van der Waals surface area contributed by atoms with Gasteiger partial charge < -0.3 is 20.5 Å². The minimum atomic E-state index is -0.458. The Morgan fingerprint density at radius 1 is 1.19 bits per heavy atom. The standard InChI is InChI=1S/C15H15FN2O3/c1-20-11-3-5-12(6-4-11)21-9-15(19)18-14-7-2-10(16)8-13(14)17/h2-8H,9,17H2,1H3,(H,18,19). The first-order valence-corrected chi connectivity index (χ1v) is 6.20. The number of ether oxygens (including phenoxy) is 2. The lowest BCUT2D eigenvalue weighted by molar-refractivity contribution is -0.118. The van der Waals surface area contributed by atoms with Gasteiger partial charge in [-0.15, -0.1) is 0 Å². The van der Waals surface area contributed by atoms with E-state index in [0.29, 0.717) is 17.2 Å². The van der Waals surface area contributed by atoms with Gasteiger partial charge in [0.05, 0.1) is 18.5 Å². The minimum Gasteiger partial charge on any atom is -0.497 e. The number of halogens is 1. The molecule has 0 bridgehead atoms. The zero-order valence-electron chi connectivity index (χ0n) is 11.4. The van der Waals surface area contributed by atoms with Crippen LogP contribution in [0.2, 0.25) is 0 Å². The highest BCUT2D eigenvalue weighted by Gasteiger charge is 2.07. The van der Waals surface area contributed by atoms with Gasteiger partial charge in [0.25, 0.3) is 5.91 Å². The van der Waals surface area contributed by atoms with Gasteiger partial charge >= 0.3 is 0 Å². The summed E-state index contributed by atoms with van der Waals surface area (Å²) in [6.07, 6.45) is 0. The maximum absolute atomic E-state index is 12.9. The lowest BCUT2D eigenvalue weighted by Gasteiger charge is -2.09. The molecule has 0 aromatic heterocycles. The minimum absolute atomic E-state index is 0.160. The smallest absolute Gasteiger partial charge is 0.262 e. The fraction of sp³-hybridized carbons (Fsp3) is 0.133. The molecule has 0 saturated heterocycles. The molecule has 0 radical (unpaired) electrons. The first kappa shape index (κ1) is 14.6. The number of nitrogens with two attached hydrogens (primary N) is 1. The third kappa shape index (κ3) is 4.10. The summed E-state index contributed by atoms with van der Waals surface area (Å²) in [4.78, 5) is 11.7. The van der Waals surface area contributed by atoms with E-state index in [1.807, 2.05) is 0 Å². The highest BCUT2D eigenvalue weighted by Crippen LogP contribution is 2.19. The number of methoxy groups -OCH3 is 1. The number of rotatable bonds is 5. The Morgan fingerprint density at radius 2 is 1.86 bits per heavy atom. The van der Waals surface area contributed by atoms with Crippen LogP contribution in [0.1, 0.15) is 0 Å². The van der Waals surface area contributed by atoms with Crippen LogP contribution in [0.25, 0.3) is 0 Å².